The minimum Gasteiger partial charge on any atom is -0.383 e. The Morgan fingerprint density at radius 2 is 1.68 bits per heavy atom. The number of aromatic nitrogens is 1. The van der Waals surface area contributed by atoms with E-state index < -0.39 is 11.9 Å². The first-order chi connectivity index (χ1) is 11.9. The number of likely N-dealkylation sites (N-methyl/N-ethyl adjacent to an activating group) is 1. The third-order valence-electron chi connectivity index (χ3n) is 3.97. The lowest BCUT2D eigenvalue weighted by Crippen LogP contribution is -2.24. The highest BCUT2D eigenvalue weighted by molar-refractivity contribution is 5.91. The van der Waals surface area contributed by atoms with Gasteiger partial charge in [-0.2, -0.15) is 13.2 Å². The van der Waals surface area contributed by atoms with E-state index >= 15 is 0 Å². The first-order valence-corrected chi connectivity index (χ1v) is 7.92. The quantitative estimate of drug-likeness (QED) is 0.720. The van der Waals surface area contributed by atoms with Gasteiger partial charge in [-0.1, -0.05) is 36.4 Å². The van der Waals surface area contributed by atoms with Gasteiger partial charge in [0, 0.05) is 36.9 Å². The molecule has 0 saturated heterocycles. The van der Waals surface area contributed by atoms with E-state index in [4.69, 9.17) is 0 Å². The van der Waals surface area contributed by atoms with Gasteiger partial charge in [-0.15, -0.1) is 0 Å². The van der Waals surface area contributed by atoms with Crippen LogP contribution in [0.2, 0.25) is 0 Å². The van der Waals surface area contributed by atoms with Gasteiger partial charge in [0.05, 0.1) is 5.52 Å². The number of para-hydroxylation sites is 2. The van der Waals surface area contributed by atoms with E-state index in [1.54, 1.807) is 24.3 Å². The second-order valence-corrected chi connectivity index (χ2v) is 5.75. The molecule has 2 aromatic carbocycles. The Morgan fingerprint density at radius 3 is 2.40 bits per heavy atom. The molecule has 0 spiro atoms. The smallest absolute Gasteiger partial charge is 0.383 e. The van der Waals surface area contributed by atoms with Crippen molar-refractivity contribution in [2.75, 3.05) is 30.4 Å². The highest BCUT2D eigenvalue weighted by atomic mass is 19.4. The van der Waals surface area contributed by atoms with Crippen molar-refractivity contribution in [1.29, 1.82) is 0 Å². The van der Waals surface area contributed by atoms with Crippen molar-refractivity contribution in [3.05, 3.63) is 66.4 Å². The SMILES string of the molecule is CN(CCNc1cc(C(F)(F)F)nc2ccccc12)c1ccccc1. The lowest BCUT2D eigenvalue weighted by atomic mass is 10.1. The fraction of sp³-hybridized carbons (Fsp3) is 0.211. The largest absolute Gasteiger partial charge is 0.433 e. The first-order valence-electron chi connectivity index (χ1n) is 7.92. The van der Waals surface area contributed by atoms with Crippen LogP contribution in [0.5, 0.6) is 0 Å². The molecular weight excluding hydrogens is 327 g/mol. The van der Waals surface area contributed by atoms with Crippen LogP contribution in [0.25, 0.3) is 10.9 Å². The zero-order valence-corrected chi connectivity index (χ0v) is 13.7. The molecule has 1 heterocycles. The van der Waals surface area contributed by atoms with Gasteiger partial charge in [0.1, 0.15) is 5.69 Å². The van der Waals surface area contributed by atoms with Crippen LogP contribution in [0, 0.1) is 0 Å². The second-order valence-electron chi connectivity index (χ2n) is 5.75. The molecule has 0 aliphatic heterocycles. The monoisotopic (exact) mass is 345 g/mol. The summed E-state index contributed by atoms with van der Waals surface area (Å²) < 4.78 is 39.2. The highest BCUT2D eigenvalue weighted by Crippen LogP contribution is 2.32. The van der Waals surface area contributed by atoms with Gasteiger partial charge in [0.25, 0.3) is 0 Å². The number of nitrogens with zero attached hydrogens (tertiary/aromatic N) is 2. The van der Waals surface area contributed by atoms with E-state index in [0.29, 0.717) is 29.7 Å². The molecule has 0 saturated carbocycles. The number of rotatable bonds is 5. The Bertz CT molecular complexity index is 847. The molecule has 0 unspecified atom stereocenters. The van der Waals surface area contributed by atoms with Crippen LogP contribution in [0.15, 0.2) is 60.7 Å². The van der Waals surface area contributed by atoms with Crippen LogP contribution in [-0.2, 0) is 6.18 Å². The average molecular weight is 345 g/mol. The number of nitrogens with one attached hydrogen (secondary N) is 1. The highest BCUT2D eigenvalue weighted by Gasteiger charge is 2.33. The standard InChI is InChI=1S/C19H18F3N3/c1-25(14-7-3-2-4-8-14)12-11-23-17-13-18(19(20,21)22)24-16-10-6-5-9-15(16)17/h2-10,13H,11-12H2,1H3,(H,23,24). The number of hydrogen-bond acceptors (Lipinski definition) is 3. The molecule has 1 aromatic heterocycles. The fourth-order valence-corrected chi connectivity index (χ4v) is 2.64. The molecule has 1 N–H and O–H groups in total. The summed E-state index contributed by atoms with van der Waals surface area (Å²) in [5, 5.41) is 3.80. The van der Waals surface area contributed by atoms with E-state index in [0.717, 1.165) is 11.8 Å². The first kappa shape index (κ1) is 17.1. The van der Waals surface area contributed by atoms with Gasteiger partial charge in [-0.25, -0.2) is 4.98 Å². The molecule has 130 valence electrons. The molecule has 0 bridgehead atoms. The van der Waals surface area contributed by atoms with Crippen molar-refractivity contribution >= 4 is 22.3 Å². The summed E-state index contributed by atoms with van der Waals surface area (Å²) in [4.78, 5) is 5.77. The number of fused-ring (bicyclic) bond motifs is 1. The molecule has 6 heteroatoms. The second kappa shape index (κ2) is 7.01. The lowest BCUT2D eigenvalue weighted by Gasteiger charge is -2.20. The minimum atomic E-state index is -4.47. The molecule has 3 aromatic rings. The summed E-state index contributed by atoms with van der Waals surface area (Å²) in [6.45, 7) is 1.17. The maximum absolute atomic E-state index is 13.1. The van der Waals surface area contributed by atoms with Crippen molar-refractivity contribution in [2.45, 2.75) is 6.18 Å². The van der Waals surface area contributed by atoms with Gasteiger partial charge in [-0.3, -0.25) is 0 Å². The maximum Gasteiger partial charge on any atom is 0.433 e. The van der Waals surface area contributed by atoms with Gasteiger partial charge in [0.15, 0.2) is 0 Å². The molecule has 3 rings (SSSR count). The van der Waals surface area contributed by atoms with Crippen LogP contribution in [0.3, 0.4) is 0 Å². The number of anilines is 2. The topological polar surface area (TPSA) is 28.2 Å². The van der Waals surface area contributed by atoms with E-state index in [2.05, 4.69) is 10.3 Å². The number of alkyl halides is 3. The average Bonchev–Trinajstić information content (AvgIpc) is 2.61. The summed E-state index contributed by atoms with van der Waals surface area (Å²) in [5.41, 5.74) is 0.945. The summed E-state index contributed by atoms with van der Waals surface area (Å²) in [6, 6.07) is 17.7. The number of benzene rings is 2. The predicted octanol–water partition coefficient (Wildman–Crippen LogP) is 4.80. The van der Waals surface area contributed by atoms with E-state index in [-0.39, 0.29) is 0 Å². The van der Waals surface area contributed by atoms with Gasteiger partial charge >= 0.3 is 6.18 Å². The molecule has 0 aliphatic rings. The summed E-state index contributed by atoms with van der Waals surface area (Å²) in [7, 11) is 1.95. The third kappa shape index (κ3) is 4.02. The van der Waals surface area contributed by atoms with Crippen LogP contribution in [0.4, 0.5) is 24.5 Å². The Balaban J connectivity index is 1.78. The number of pyridine rings is 1. The minimum absolute atomic E-state index is 0.330. The van der Waals surface area contributed by atoms with Gasteiger partial charge < -0.3 is 10.2 Å². The van der Waals surface area contributed by atoms with E-state index in [1.807, 2.05) is 42.3 Å². The normalized spacial score (nSPS) is 11.5. The van der Waals surface area contributed by atoms with Gasteiger partial charge in [-0.05, 0) is 24.3 Å². The fourth-order valence-electron chi connectivity index (χ4n) is 2.64. The number of hydrogen-bond donors (Lipinski definition) is 1. The van der Waals surface area contributed by atoms with Crippen molar-refractivity contribution in [3.8, 4) is 0 Å². The summed E-state index contributed by atoms with van der Waals surface area (Å²) in [5.74, 6) is 0. The Labute approximate surface area is 144 Å². The van der Waals surface area contributed by atoms with Crippen LogP contribution >= 0.6 is 0 Å². The van der Waals surface area contributed by atoms with Crippen LogP contribution < -0.4 is 10.2 Å². The molecule has 0 aliphatic carbocycles. The van der Waals surface area contributed by atoms with Crippen molar-refractivity contribution in [1.82, 2.24) is 4.98 Å². The molecule has 0 amide bonds. The number of halogens is 3. The Morgan fingerprint density at radius 1 is 1.00 bits per heavy atom. The Hall–Kier alpha value is -2.76. The molecule has 0 atom stereocenters. The third-order valence-corrected chi connectivity index (χ3v) is 3.97. The molecule has 25 heavy (non-hydrogen) atoms. The molecule has 3 nitrogen and oxygen atoms in total. The molecule has 0 radical (unpaired) electrons. The van der Waals surface area contributed by atoms with Crippen molar-refractivity contribution in [3.63, 3.8) is 0 Å². The van der Waals surface area contributed by atoms with Crippen LogP contribution in [-0.4, -0.2) is 25.1 Å². The zero-order valence-electron chi connectivity index (χ0n) is 13.7. The van der Waals surface area contributed by atoms with E-state index in [9.17, 15) is 13.2 Å². The van der Waals surface area contributed by atoms with Crippen molar-refractivity contribution < 1.29 is 13.2 Å². The van der Waals surface area contributed by atoms with Crippen molar-refractivity contribution in [2.24, 2.45) is 0 Å². The Kier molecular flexibility index (Phi) is 4.79. The summed E-state index contributed by atoms with van der Waals surface area (Å²) in [6.07, 6.45) is -4.47. The predicted molar refractivity (Wildman–Crippen MR) is 94.9 cm³/mol. The van der Waals surface area contributed by atoms with E-state index in [1.165, 1.54) is 0 Å². The lowest BCUT2D eigenvalue weighted by molar-refractivity contribution is -0.140. The molecular formula is C19H18F3N3. The van der Waals surface area contributed by atoms with Crippen LogP contribution in [0.1, 0.15) is 5.69 Å². The zero-order chi connectivity index (χ0) is 17.9. The molecule has 0 fully saturated rings. The maximum atomic E-state index is 13.1. The summed E-state index contributed by atoms with van der Waals surface area (Å²) >= 11 is 0. The van der Waals surface area contributed by atoms with Gasteiger partial charge in [0.2, 0.25) is 0 Å².